The second-order valence-corrected chi connectivity index (χ2v) is 10.1. The number of carbonyl (C=O) groups excluding carboxylic acids is 1. The highest BCUT2D eigenvalue weighted by atomic mass is 32.2. The Labute approximate surface area is 172 Å². The second-order valence-electron chi connectivity index (χ2n) is 8.38. The molecule has 7 heteroatoms. The van der Waals surface area contributed by atoms with E-state index in [-0.39, 0.29) is 11.9 Å². The van der Waals surface area contributed by atoms with Gasteiger partial charge in [0.05, 0.1) is 4.91 Å². The summed E-state index contributed by atoms with van der Waals surface area (Å²) >= 11 is 6.95. The maximum Gasteiger partial charge on any atom is 0.328 e. The van der Waals surface area contributed by atoms with E-state index >= 15 is 0 Å². The van der Waals surface area contributed by atoms with E-state index in [1.807, 2.05) is 4.90 Å². The van der Waals surface area contributed by atoms with E-state index in [9.17, 15) is 9.59 Å². The van der Waals surface area contributed by atoms with Crippen LogP contribution in [0.3, 0.4) is 0 Å². The van der Waals surface area contributed by atoms with Gasteiger partial charge in [0, 0.05) is 18.2 Å². The molecule has 1 aliphatic heterocycles. The number of amides is 1. The highest BCUT2D eigenvalue weighted by Crippen LogP contribution is 2.56. The molecule has 28 heavy (non-hydrogen) atoms. The first kappa shape index (κ1) is 18.2. The van der Waals surface area contributed by atoms with Gasteiger partial charge in [-0.1, -0.05) is 24.0 Å². The van der Waals surface area contributed by atoms with Crippen molar-refractivity contribution in [2.75, 3.05) is 0 Å². The van der Waals surface area contributed by atoms with Gasteiger partial charge >= 0.3 is 5.97 Å². The van der Waals surface area contributed by atoms with Crippen LogP contribution in [0.2, 0.25) is 0 Å². The van der Waals surface area contributed by atoms with Gasteiger partial charge in [0.2, 0.25) is 0 Å². The van der Waals surface area contributed by atoms with E-state index in [0.29, 0.717) is 32.6 Å². The van der Waals surface area contributed by atoms with Crippen LogP contribution in [0, 0.1) is 23.7 Å². The molecule has 5 nitrogen and oxygen atoms in total. The predicted molar refractivity (Wildman–Crippen MR) is 111 cm³/mol. The Kier molecular flexibility index (Phi) is 4.47. The average molecular weight is 416 g/mol. The number of thioether (sulfide) groups is 1. The fourth-order valence-electron chi connectivity index (χ4n) is 5.87. The summed E-state index contributed by atoms with van der Waals surface area (Å²) in [7, 11) is 0. The first-order valence-electron chi connectivity index (χ1n) is 9.76. The number of aliphatic carboxylic acids is 1. The number of hydrogen-bond donors (Lipinski definition) is 1. The molecular formula is C21H21NO4S2. The number of thiocarbonyl (C=S) groups is 1. The maximum absolute atomic E-state index is 13.2. The molecule has 6 rings (SSSR count). The second kappa shape index (κ2) is 6.88. The van der Waals surface area contributed by atoms with Crippen LogP contribution in [-0.2, 0) is 9.59 Å². The van der Waals surface area contributed by atoms with Crippen molar-refractivity contribution < 1.29 is 19.1 Å². The van der Waals surface area contributed by atoms with Crippen molar-refractivity contribution in [1.29, 1.82) is 0 Å². The van der Waals surface area contributed by atoms with Gasteiger partial charge in [0.15, 0.2) is 0 Å². The molecule has 5 aliphatic rings. The molecule has 1 aromatic heterocycles. The quantitative estimate of drug-likeness (QED) is 0.580. The molecule has 146 valence electrons. The summed E-state index contributed by atoms with van der Waals surface area (Å²) in [5.74, 6) is 2.81. The molecule has 0 aromatic carbocycles. The van der Waals surface area contributed by atoms with Crippen LogP contribution < -0.4 is 0 Å². The molecule has 0 unspecified atom stereocenters. The number of rotatable bonds is 4. The molecule has 0 atom stereocenters. The Hall–Kier alpha value is -1.86. The summed E-state index contributed by atoms with van der Waals surface area (Å²) in [5.41, 5.74) is 0. The highest BCUT2D eigenvalue weighted by molar-refractivity contribution is 8.26. The van der Waals surface area contributed by atoms with Crippen molar-refractivity contribution >= 4 is 52.3 Å². The fraction of sp³-hybridized carbons (Fsp3) is 0.476. The van der Waals surface area contributed by atoms with Crippen LogP contribution in [-0.4, -0.2) is 32.2 Å². The van der Waals surface area contributed by atoms with Crippen molar-refractivity contribution in [1.82, 2.24) is 4.90 Å². The minimum Gasteiger partial charge on any atom is -0.478 e. The number of carboxylic acid groups (broad SMARTS) is 1. The maximum atomic E-state index is 13.2. The van der Waals surface area contributed by atoms with E-state index in [4.69, 9.17) is 21.7 Å². The van der Waals surface area contributed by atoms with Gasteiger partial charge in [-0.2, -0.15) is 0 Å². The van der Waals surface area contributed by atoms with Gasteiger partial charge in [-0.25, -0.2) is 4.79 Å². The van der Waals surface area contributed by atoms with Crippen LogP contribution in [0.25, 0.3) is 12.2 Å². The minimum atomic E-state index is -1.03. The van der Waals surface area contributed by atoms with Crippen molar-refractivity contribution in [2.45, 2.75) is 38.1 Å². The number of nitrogens with zero attached hydrogens (tertiary/aromatic N) is 1. The zero-order valence-electron chi connectivity index (χ0n) is 15.2. The molecular weight excluding hydrogens is 394 g/mol. The van der Waals surface area contributed by atoms with E-state index in [1.54, 1.807) is 18.2 Å². The molecule has 1 saturated heterocycles. The van der Waals surface area contributed by atoms with Crippen molar-refractivity contribution in [3.63, 3.8) is 0 Å². The number of hydrogen-bond acceptors (Lipinski definition) is 5. The molecule has 4 saturated carbocycles. The Balaban J connectivity index is 1.36. The largest absolute Gasteiger partial charge is 0.478 e. The Bertz CT molecular complexity index is 887. The van der Waals surface area contributed by atoms with Gasteiger partial charge in [0.25, 0.3) is 5.91 Å². The first-order chi connectivity index (χ1) is 13.5. The topological polar surface area (TPSA) is 70.8 Å². The van der Waals surface area contributed by atoms with Gasteiger partial charge in [-0.3, -0.25) is 9.69 Å². The van der Waals surface area contributed by atoms with E-state index in [1.165, 1.54) is 49.9 Å². The van der Waals surface area contributed by atoms with Gasteiger partial charge in [0.1, 0.15) is 15.8 Å². The van der Waals surface area contributed by atoms with Gasteiger partial charge in [-0.05, 0) is 74.0 Å². The Morgan fingerprint density at radius 2 is 1.79 bits per heavy atom. The van der Waals surface area contributed by atoms with Gasteiger partial charge < -0.3 is 9.52 Å². The monoisotopic (exact) mass is 415 g/mol. The number of carbonyl (C=O) groups is 2. The predicted octanol–water partition coefficient (Wildman–Crippen LogP) is 4.40. The lowest BCUT2D eigenvalue weighted by Crippen LogP contribution is -2.57. The Morgan fingerprint density at radius 1 is 1.14 bits per heavy atom. The van der Waals surface area contributed by atoms with Gasteiger partial charge in [-0.15, -0.1) is 0 Å². The van der Waals surface area contributed by atoms with Crippen LogP contribution in [0.1, 0.15) is 43.6 Å². The zero-order valence-corrected chi connectivity index (χ0v) is 16.9. The fourth-order valence-corrected chi connectivity index (χ4v) is 7.20. The molecule has 4 aliphatic carbocycles. The first-order valence-corrected chi connectivity index (χ1v) is 11.0. The molecule has 1 aromatic rings. The third kappa shape index (κ3) is 3.14. The average Bonchev–Trinajstić information content (AvgIpc) is 3.18. The van der Waals surface area contributed by atoms with Crippen molar-refractivity contribution in [2.24, 2.45) is 23.7 Å². The molecule has 1 N–H and O–H groups in total. The lowest BCUT2D eigenvalue weighted by molar-refractivity contribution is -0.131. The lowest BCUT2D eigenvalue weighted by atomic mass is 9.54. The molecule has 2 heterocycles. The van der Waals surface area contributed by atoms with Crippen LogP contribution in [0.5, 0.6) is 0 Å². The molecule has 0 radical (unpaired) electrons. The summed E-state index contributed by atoms with van der Waals surface area (Å²) in [5, 5.41) is 8.71. The smallest absolute Gasteiger partial charge is 0.328 e. The summed E-state index contributed by atoms with van der Waals surface area (Å²) in [4.78, 5) is 26.3. The third-order valence-corrected chi connectivity index (χ3v) is 7.94. The van der Waals surface area contributed by atoms with E-state index in [0.717, 1.165) is 17.9 Å². The standard InChI is InChI=1S/C21H21NO4S2/c23-18(24)4-3-15-1-2-16(26-15)10-17-20(25)22(21(27)28-17)19-13-6-11-5-12(8-13)9-14(19)7-11/h1-4,10-14,19H,5-9H2,(H,23,24)/b4-3?,17-10-. The third-order valence-electron chi connectivity index (χ3n) is 6.61. The normalized spacial score (nSPS) is 35.6. The molecule has 0 spiro atoms. The SMILES string of the molecule is O=C(O)C=Cc1ccc(/C=C2\SC(=S)N(C3C4CC5CC(C4)CC3C5)C2=O)o1. The minimum absolute atomic E-state index is 0.00787. The Morgan fingerprint density at radius 3 is 2.43 bits per heavy atom. The summed E-state index contributed by atoms with van der Waals surface area (Å²) in [6, 6.07) is 3.68. The molecule has 5 fully saturated rings. The number of carboxylic acids is 1. The highest BCUT2D eigenvalue weighted by Gasteiger charge is 2.53. The van der Waals surface area contributed by atoms with Crippen molar-refractivity contribution in [3.8, 4) is 0 Å². The molecule has 4 bridgehead atoms. The van der Waals surface area contributed by atoms with Crippen LogP contribution in [0.15, 0.2) is 27.5 Å². The molecule has 1 amide bonds. The summed E-state index contributed by atoms with van der Waals surface area (Å²) in [6.45, 7) is 0. The van der Waals surface area contributed by atoms with E-state index < -0.39 is 5.97 Å². The summed E-state index contributed by atoms with van der Waals surface area (Å²) in [6.07, 6.45) is 10.5. The van der Waals surface area contributed by atoms with Crippen LogP contribution in [0.4, 0.5) is 0 Å². The van der Waals surface area contributed by atoms with Crippen molar-refractivity contribution in [3.05, 3.63) is 34.6 Å². The van der Waals surface area contributed by atoms with E-state index in [2.05, 4.69) is 0 Å². The lowest BCUT2D eigenvalue weighted by Gasteiger charge is -2.56. The summed E-state index contributed by atoms with van der Waals surface area (Å²) < 4.78 is 6.26. The van der Waals surface area contributed by atoms with Crippen LogP contribution >= 0.6 is 24.0 Å². The zero-order chi connectivity index (χ0) is 19.4. The number of furan rings is 1.